The Bertz CT molecular complexity index is 1010. The van der Waals surface area contributed by atoms with Gasteiger partial charge < -0.3 is 14.2 Å². The molecule has 0 saturated carbocycles. The monoisotopic (exact) mass is 449 g/mol. The molecule has 2 aromatic heterocycles. The van der Waals surface area contributed by atoms with Crippen LogP contribution in [0.5, 0.6) is 0 Å². The molecule has 2 fully saturated rings. The van der Waals surface area contributed by atoms with E-state index in [2.05, 4.69) is 20.1 Å². The van der Waals surface area contributed by atoms with Crippen LogP contribution in [-0.2, 0) is 11.2 Å². The van der Waals surface area contributed by atoms with Gasteiger partial charge in [0.25, 0.3) is 5.95 Å². The molecule has 2 aliphatic heterocycles. The van der Waals surface area contributed by atoms with Crippen molar-refractivity contribution in [3.05, 3.63) is 35.6 Å². The maximum atomic E-state index is 14.5. The van der Waals surface area contributed by atoms with Crippen molar-refractivity contribution in [2.45, 2.75) is 44.9 Å². The van der Waals surface area contributed by atoms with E-state index in [0.29, 0.717) is 23.8 Å². The van der Waals surface area contributed by atoms with Crippen LogP contribution in [-0.4, -0.2) is 57.7 Å². The highest BCUT2D eigenvalue weighted by atomic mass is 35.5. The maximum Gasteiger partial charge on any atom is 0.291 e. The lowest BCUT2D eigenvalue weighted by molar-refractivity contribution is 0.0481. The number of ether oxygens (including phenoxy) is 1. The lowest BCUT2D eigenvalue weighted by Crippen LogP contribution is -2.38. The third-order valence-electron chi connectivity index (χ3n) is 6.48. The quantitative estimate of drug-likeness (QED) is 0.583. The van der Waals surface area contributed by atoms with Crippen LogP contribution in [0, 0.1) is 11.7 Å². The molecule has 0 bridgehead atoms. The second kappa shape index (κ2) is 9.63. The van der Waals surface area contributed by atoms with Crippen molar-refractivity contribution in [3.63, 3.8) is 0 Å². The van der Waals surface area contributed by atoms with Crippen molar-refractivity contribution in [1.82, 2.24) is 24.8 Å². The number of aromatic nitrogens is 4. The van der Waals surface area contributed by atoms with Crippen LogP contribution >= 0.6 is 12.4 Å². The summed E-state index contributed by atoms with van der Waals surface area (Å²) in [4.78, 5) is 7.15. The van der Waals surface area contributed by atoms with Gasteiger partial charge in [0, 0.05) is 31.1 Å². The molecule has 2 aliphatic rings. The first kappa shape index (κ1) is 22.2. The summed E-state index contributed by atoms with van der Waals surface area (Å²) >= 11 is 0. The summed E-state index contributed by atoms with van der Waals surface area (Å²) in [6, 6.07) is 5.03. The first-order valence-corrected chi connectivity index (χ1v) is 11.0. The van der Waals surface area contributed by atoms with Gasteiger partial charge in [-0.15, -0.1) is 12.4 Å². The molecule has 0 amide bonds. The number of benzene rings is 1. The molecule has 1 aromatic carbocycles. The van der Waals surface area contributed by atoms with Crippen LogP contribution in [0.25, 0.3) is 16.9 Å². The third kappa shape index (κ3) is 4.47. The molecule has 7 nitrogen and oxygen atoms in total. The minimum atomic E-state index is -0.326. The van der Waals surface area contributed by atoms with E-state index < -0.39 is 0 Å². The van der Waals surface area contributed by atoms with E-state index in [4.69, 9.17) is 9.26 Å². The number of rotatable bonds is 5. The van der Waals surface area contributed by atoms with Gasteiger partial charge in [-0.25, -0.2) is 4.39 Å². The van der Waals surface area contributed by atoms with Crippen molar-refractivity contribution in [3.8, 4) is 5.95 Å². The van der Waals surface area contributed by atoms with E-state index in [-0.39, 0.29) is 24.1 Å². The fourth-order valence-electron chi connectivity index (χ4n) is 4.73. The van der Waals surface area contributed by atoms with Gasteiger partial charge >= 0.3 is 0 Å². The molecule has 0 N–H and O–H groups in total. The highest BCUT2D eigenvalue weighted by Crippen LogP contribution is 2.30. The van der Waals surface area contributed by atoms with Gasteiger partial charge in [0.2, 0.25) is 5.89 Å². The number of aryl methyl sites for hydroxylation is 1. The van der Waals surface area contributed by atoms with Crippen molar-refractivity contribution in [1.29, 1.82) is 0 Å². The van der Waals surface area contributed by atoms with Gasteiger partial charge in [-0.05, 0) is 62.3 Å². The first-order valence-electron chi connectivity index (χ1n) is 11.0. The molecule has 0 spiro atoms. The number of piperidine rings is 1. The van der Waals surface area contributed by atoms with Gasteiger partial charge in [0.15, 0.2) is 0 Å². The first-order chi connectivity index (χ1) is 14.7. The fraction of sp³-hybridized carbons (Fsp3) is 0.591. The maximum absolute atomic E-state index is 14.5. The molecular formula is C22H29ClFN5O2. The Labute approximate surface area is 187 Å². The number of hydrogen-bond acceptors (Lipinski definition) is 6. The minimum Gasteiger partial charge on any atom is -0.381 e. The average molecular weight is 450 g/mol. The highest BCUT2D eigenvalue weighted by Gasteiger charge is 2.28. The molecule has 168 valence electrons. The zero-order valence-electron chi connectivity index (χ0n) is 17.8. The molecule has 0 atom stereocenters. The third-order valence-corrected chi connectivity index (χ3v) is 6.48. The summed E-state index contributed by atoms with van der Waals surface area (Å²) in [6.07, 6.45) is 5.05. The molecule has 0 radical (unpaired) electrons. The van der Waals surface area contributed by atoms with E-state index in [0.717, 1.165) is 62.7 Å². The molecular weight excluding hydrogens is 421 g/mol. The number of likely N-dealkylation sites (tertiary alicyclic amines) is 1. The van der Waals surface area contributed by atoms with Crippen molar-refractivity contribution in [2.75, 3.05) is 32.8 Å². The van der Waals surface area contributed by atoms with Crippen molar-refractivity contribution < 1.29 is 13.7 Å². The van der Waals surface area contributed by atoms with Crippen molar-refractivity contribution in [2.24, 2.45) is 5.92 Å². The Morgan fingerprint density at radius 3 is 2.65 bits per heavy atom. The average Bonchev–Trinajstić information content (AvgIpc) is 3.40. The fourth-order valence-corrected chi connectivity index (χ4v) is 4.73. The van der Waals surface area contributed by atoms with Crippen LogP contribution in [0.3, 0.4) is 0 Å². The van der Waals surface area contributed by atoms with Crippen LogP contribution < -0.4 is 0 Å². The highest BCUT2D eigenvalue weighted by molar-refractivity contribution is 5.85. The topological polar surface area (TPSA) is 69.2 Å². The standard InChI is InChI=1S/C22H28FN5O2.ClH/c1-2-19-17-4-3-5-18(23)20(17)28(25-19)22-24-21(30-26-22)16-6-10-27(11-7-16)14-15-8-12-29-13-9-15;/h3-5,15-16H,2,6-14H2,1H3;1H. The predicted octanol–water partition coefficient (Wildman–Crippen LogP) is 4.14. The molecule has 0 unspecified atom stereocenters. The largest absolute Gasteiger partial charge is 0.381 e. The minimum absolute atomic E-state index is 0. The van der Waals surface area contributed by atoms with Crippen molar-refractivity contribution >= 4 is 23.3 Å². The van der Waals surface area contributed by atoms with Gasteiger partial charge in [-0.1, -0.05) is 19.1 Å². The number of fused-ring (bicyclic) bond motifs is 1. The van der Waals surface area contributed by atoms with Gasteiger partial charge in [-0.3, -0.25) is 0 Å². The summed E-state index contributed by atoms with van der Waals surface area (Å²) in [7, 11) is 0. The van der Waals surface area contributed by atoms with E-state index in [1.807, 2.05) is 13.0 Å². The lowest BCUT2D eigenvalue weighted by Gasteiger charge is -2.34. The summed E-state index contributed by atoms with van der Waals surface area (Å²) in [5.74, 6) is 1.61. The Morgan fingerprint density at radius 1 is 1.13 bits per heavy atom. The number of para-hydroxylation sites is 1. The lowest BCUT2D eigenvalue weighted by atomic mass is 9.94. The second-order valence-electron chi connectivity index (χ2n) is 8.41. The molecule has 2 saturated heterocycles. The number of nitrogens with zero attached hydrogens (tertiary/aromatic N) is 5. The van der Waals surface area contributed by atoms with Gasteiger partial charge in [0.05, 0.1) is 5.69 Å². The van der Waals surface area contributed by atoms with Crippen LogP contribution in [0.1, 0.15) is 50.1 Å². The molecule has 31 heavy (non-hydrogen) atoms. The second-order valence-corrected chi connectivity index (χ2v) is 8.41. The zero-order chi connectivity index (χ0) is 20.5. The number of halogens is 2. The molecule has 0 aliphatic carbocycles. The summed E-state index contributed by atoms with van der Waals surface area (Å²) < 4.78 is 27.1. The van der Waals surface area contributed by atoms with Crippen LogP contribution in [0.2, 0.25) is 0 Å². The Morgan fingerprint density at radius 2 is 1.90 bits per heavy atom. The Balaban J connectivity index is 0.00000231. The molecule has 5 rings (SSSR count). The smallest absolute Gasteiger partial charge is 0.291 e. The van der Waals surface area contributed by atoms with E-state index >= 15 is 0 Å². The molecule has 4 heterocycles. The van der Waals surface area contributed by atoms with E-state index in [1.165, 1.54) is 23.6 Å². The Hall–Kier alpha value is -2.03. The summed E-state index contributed by atoms with van der Waals surface area (Å²) in [6.45, 7) is 7.04. The normalized spacial score (nSPS) is 19.0. The van der Waals surface area contributed by atoms with Gasteiger partial charge in [-0.2, -0.15) is 14.8 Å². The SMILES string of the molecule is CCc1nn(-c2noc(C3CCN(CC4CCOCC4)CC3)n2)c2c(F)cccc12.Cl. The predicted molar refractivity (Wildman–Crippen MR) is 117 cm³/mol. The molecule has 9 heteroatoms. The van der Waals surface area contributed by atoms with Crippen LogP contribution in [0.15, 0.2) is 22.7 Å². The van der Waals surface area contributed by atoms with E-state index in [1.54, 1.807) is 6.07 Å². The zero-order valence-corrected chi connectivity index (χ0v) is 18.6. The van der Waals surface area contributed by atoms with Crippen LogP contribution in [0.4, 0.5) is 4.39 Å². The molecule has 3 aromatic rings. The summed E-state index contributed by atoms with van der Waals surface area (Å²) in [5.41, 5.74) is 1.24. The Kier molecular flexibility index (Phi) is 6.89. The van der Waals surface area contributed by atoms with Gasteiger partial charge in [0.1, 0.15) is 11.3 Å². The number of hydrogen-bond donors (Lipinski definition) is 0. The van der Waals surface area contributed by atoms with E-state index in [9.17, 15) is 4.39 Å². The summed E-state index contributed by atoms with van der Waals surface area (Å²) in [5, 5.41) is 9.48.